The molecule has 1 aromatic carbocycles. The normalized spacial score (nSPS) is 15.3. The van der Waals surface area contributed by atoms with Gasteiger partial charge in [0.05, 0.1) is 6.10 Å². The van der Waals surface area contributed by atoms with Gasteiger partial charge >= 0.3 is 0 Å². The highest BCUT2D eigenvalue weighted by atomic mass is 35.5. The number of benzene rings is 1. The molecule has 0 amide bonds. The molecule has 3 heteroatoms. The Bertz CT molecular complexity index is 412. The molecule has 1 rings (SSSR count). The summed E-state index contributed by atoms with van der Waals surface area (Å²) in [5, 5.41) is 10.5. The number of hydrogen-bond donors (Lipinski definition) is 1. The molecule has 0 aliphatic rings. The van der Waals surface area contributed by atoms with E-state index in [2.05, 4.69) is 27.7 Å². The van der Waals surface area contributed by atoms with E-state index in [1.54, 1.807) is 6.07 Å². The lowest BCUT2D eigenvalue weighted by Crippen LogP contribution is -2.19. The van der Waals surface area contributed by atoms with Gasteiger partial charge in [-0.15, -0.1) is 0 Å². The Labute approximate surface area is 120 Å². The van der Waals surface area contributed by atoms with E-state index in [1.807, 2.05) is 0 Å². The molecule has 1 N–H and O–H groups in total. The maximum absolute atomic E-state index is 12.9. The lowest BCUT2D eigenvalue weighted by molar-refractivity contribution is 0.133. The van der Waals surface area contributed by atoms with Gasteiger partial charge in [-0.2, -0.15) is 0 Å². The van der Waals surface area contributed by atoms with Crippen molar-refractivity contribution in [1.82, 2.24) is 0 Å². The van der Waals surface area contributed by atoms with Crippen molar-refractivity contribution < 1.29 is 9.50 Å². The van der Waals surface area contributed by atoms with Crippen molar-refractivity contribution in [2.75, 3.05) is 0 Å². The van der Waals surface area contributed by atoms with E-state index in [-0.39, 0.29) is 11.2 Å². The van der Waals surface area contributed by atoms with E-state index in [4.69, 9.17) is 11.6 Å². The first-order chi connectivity index (χ1) is 8.67. The van der Waals surface area contributed by atoms with Crippen molar-refractivity contribution >= 4 is 11.6 Å². The molecule has 1 nitrogen and oxygen atoms in total. The molecule has 0 bridgehead atoms. The summed E-state index contributed by atoms with van der Waals surface area (Å²) in [6, 6.07) is 4.32. The fourth-order valence-electron chi connectivity index (χ4n) is 2.62. The highest BCUT2D eigenvalue weighted by Gasteiger charge is 2.18. The smallest absolute Gasteiger partial charge is 0.124 e. The van der Waals surface area contributed by atoms with Gasteiger partial charge in [0.2, 0.25) is 0 Å². The molecular weight excluding hydrogens is 263 g/mol. The molecular formula is C16H24ClFO. The number of aliphatic hydroxyl groups excluding tert-OH is 1. The van der Waals surface area contributed by atoms with Crippen LogP contribution in [0, 0.1) is 17.2 Å². The Kier molecular flexibility index (Phi) is 5.82. The van der Waals surface area contributed by atoms with Gasteiger partial charge in [-0.05, 0) is 48.3 Å². The number of hydrogen-bond acceptors (Lipinski definition) is 1. The Morgan fingerprint density at radius 1 is 1.32 bits per heavy atom. The van der Waals surface area contributed by atoms with Crippen molar-refractivity contribution in [3.8, 4) is 0 Å². The highest BCUT2D eigenvalue weighted by Crippen LogP contribution is 2.28. The standard InChI is InChI=1S/C16H24ClFO/c1-11(10-16(2,3)4)7-14(19)8-12-5-6-13(18)9-15(12)17/h5-6,9,11,14,19H,7-8,10H2,1-4H3. The van der Waals surface area contributed by atoms with E-state index in [9.17, 15) is 9.50 Å². The molecule has 0 saturated carbocycles. The Balaban J connectivity index is 2.53. The van der Waals surface area contributed by atoms with Crippen LogP contribution in [0.4, 0.5) is 4.39 Å². The number of rotatable bonds is 5. The van der Waals surface area contributed by atoms with Gasteiger partial charge in [0.15, 0.2) is 0 Å². The second-order valence-electron chi connectivity index (χ2n) is 6.70. The molecule has 0 radical (unpaired) electrons. The molecule has 108 valence electrons. The van der Waals surface area contributed by atoms with E-state index in [1.165, 1.54) is 12.1 Å². The third-order valence-electron chi connectivity index (χ3n) is 3.11. The Morgan fingerprint density at radius 2 is 1.95 bits per heavy atom. The van der Waals surface area contributed by atoms with E-state index >= 15 is 0 Å². The molecule has 0 saturated heterocycles. The predicted octanol–water partition coefficient (Wildman–Crippen LogP) is 4.84. The first-order valence-electron chi connectivity index (χ1n) is 6.79. The summed E-state index contributed by atoms with van der Waals surface area (Å²) in [5.41, 5.74) is 1.07. The molecule has 0 aliphatic heterocycles. The minimum Gasteiger partial charge on any atom is -0.393 e. The summed E-state index contributed by atoms with van der Waals surface area (Å²) in [7, 11) is 0. The zero-order valence-corrected chi connectivity index (χ0v) is 13.0. The third-order valence-corrected chi connectivity index (χ3v) is 3.46. The lowest BCUT2D eigenvalue weighted by Gasteiger charge is -2.25. The van der Waals surface area contributed by atoms with Gasteiger partial charge in [-0.25, -0.2) is 4.39 Å². The predicted molar refractivity (Wildman–Crippen MR) is 79.0 cm³/mol. The number of halogens is 2. The largest absolute Gasteiger partial charge is 0.393 e. The summed E-state index contributed by atoms with van der Waals surface area (Å²) in [4.78, 5) is 0. The first-order valence-corrected chi connectivity index (χ1v) is 7.17. The summed E-state index contributed by atoms with van der Waals surface area (Å²) < 4.78 is 12.9. The average Bonchev–Trinajstić information content (AvgIpc) is 2.19. The lowest BCUT2D eigenvalue weighted by atomic mass is 9.83. The molecule has 0 fully saturated rings. The minimum atomic E-state index is -0.430. The van der Waals surface area contributed by atoms with Crippen LogP contribution in [-0.2, 0) is 6.42 Å². The molecule has 0 heterocycles. The Hall–Kier alpha value is -0.600. The maximum atomic E-state index is 12.9. The van der Waals surface area contributed by atoms with Crippen LogP contribution < -0.4 is 0 Å². The SMILES string of the molecule is CC(CC(O)Cc1ccc(F)cc1Cl)CC(C)(C)C. The zero-order chi connectivity index (χ0) is 14.6. The van der Waals surface area contributed by atoms with Gasteiger partial charge < -0.3 is 5.11 Å². The van der Waals surface area contributed by atoms with Crippen molar-refractivity contribution in [2.45, 2.75) is 53.1 Å². The van der Waals surface area contributed by atoms with Gasteiger partial charge in [0.25, 0.3) is 0 Å². The van der Waals surface area contributed by atoms with Crippen molar-refractivity contribution in [2.24, 2.45) is 11.3 Å². The fourth-order valence-corrected chi connectivity index (χ4v) is 2.86. The topological polar surface area (TPSA) is 20.2 Å². The van der Waals surface area contributed by atoms with Crippen LogP contribution in [0.15, 0.2) is 18.2 Å². The highest BCUT2D eigenvalue weighted by molar-refractivity contribution is 6.31. The summed E-state index contributed by atoms with van der Waals surface area (Å²) >= 11 is 5.97. The zero-order valence-electron chi connectivity index (χ0n) is 12.2. The first kappa shape index (κ1) is 16.5. The van der Waals surface area contributed by atoms with Crippen LogP contribution in [0.5, 0.6) is 0 Å². The van der Waals surface area contributed by atoms with Crippen molar-refractivity contribution in [1.29, 1.82) is 0 Å². The van der Waals surface area contributed by atoms with Gasteiger partial charge in [-0.3, -0.25) is 0 Å². The second-order valence-corrected chi connectivity index (χ2v) is 7.11. The van der Waals surface area contributed by atoms with Gasteiger partial charge in [0.1, 0.15) is 5.82 Å². The van der Waals surface area contributed by atoms with Crippen LogP contribution in [0.1, 0.15) is 46.1 Å². The van der Waals surface area contributed by atoms with Crippen LogP contribution in [0.2, 0.25) is 5.02 Å². The molecule has 2 atom stereocenters. The fraction of sp³-hybridized carbons (Fsp3) is 0.625. The van der Waals surface area contributed by atoms with Gasteiger partial charge in [-0.1, -0.05) is 45.4 Å². The molecule has 2 unspecified atom stereocenters. The summed E-state index contributed by atoms with van der Waals surface area (Å²) in [5.74, 6) is 0.110. The third kappa shape index (κ3) is 6.40. The molecule has 0 aliphatic carbocycles. The van der Waals surface area contributed by atoms with Crippen LogP contribution >= 0.6 is 11.6 Å². The number of aliphatic hydroxyl groups is 1. The van der Waals surface area contributed by atoms with Crippen molar-refractivity contribution in [3.63, 3.8) is 0 Å². The quantitative estimate of drug-likeness (QED) is 0.821. The van der Waals surface area contributed by atoms with E-state index < -0.39 is 6.10 Å². The van der Waals surface area contributed by atoms with Crippen molar-refractivity contribution in [3.05, 3.63) is 34.6 Å². The van der Waals surface area contributed by atoms with Crippen LogP contribution in [0.3, 0.4) is 0 Å². The molecule has 19 heavy (non-hydrogen) atoms. The molecule has 0 spiro atoms. The summed E-state index contributed by atoms with van der Waals surface area (Å²) in [6.45, 7) is 8.76. The monoisotopic (exact) mass is 286 g/mol. The van der Waals surface area contributed by atoms with Crippen LogP contribution in [-0.4, -0.2) is 11.2 Å². The molecule has 1 aromatic rings. The van der Waals surface area contributed by atoms with Crippen LogP contribution in [0.25, 0.3) is 0 Å². The second kappa shape index (κ2) is 6.71. The van der Waals surface area contributed by atoms with E-state index in [0.717, 1.165) is 18.4 Å². The molecule has 0 aromatic heterocycles. The summed E-state index contributed by atoms with van der Waals surface area (Å²) in [6.07, 6.45) is 1.86. The van der Waals surface area contributed by atoms with E-state index in [0.29, 0.717) is 17.4 Å². The van der Waals surface area contributed by atoms with Gasteiger partial charge in [0, 0.05) is 5.02 Å². The minimum absolute atomic E-state index is 0.270. The Morgan fingerprint density at radius 3 is 2.47 bits per heavy atom. The maximum Gasteiger partial charge on any atom is 0.124 e. The average molecular weight is 287 g/mol.